The molecule has 1 aromatic rings. The van der Waals surface area contributed by atoms with E-state index < -0.39 is 45.0 Å². The molecule has 100 valence electrons. The minimum absolute atomic E-state index is 0.422. The van der Waals surface area contributed by atoms with Gasteiger partial charge in [-0.05, 0) is 12.1 Å². The Kier molecular flexibility index (Phi) is 4.23. The number of benzene rings is 1. The number of aliphatic carboxylic acids is 1. The SMILES string of the molecule is C[C@H](CS(=O)(=O)Nc1ccc(F)cc1F)C(=O)O. The predicted molar refractivity (Wildman–Crippen MR) is 60.6 cm³/mol. The number of anilines is 1. The second kappa shape index (κ2) is 5.30. The van der Waals surface area contributed by atoms with Crippen molar-refractivity contribution in [2.75, 3.05) is 10.5 Å². The maximum atomic E-state index is 13.2. The summed E-state index contributed by atoms with van der Waals surface area (Å²) in [4.78, 5) is 10.5. The van der Waals surface area contributed by atoms with Crippen LogP contribution in [0.25, 0.3) is 0 Å². The van der Waals surface area contributed by atoms with E-state index in [0.717, 1.165) is 12.1 Å². The topological polar surface area (TPSA) is 83.5 Å². The first kappa shape index (κ1) is 14.4. The van der Waals surface area contributed by atoms with Gasteiger partial charge in [-0.3, -0.25) is 9.52 Å². The van der Waals surface area contributed by atoms with Gasteiger partial charge >= 0.3 is 5.97 Å². The van der Waals surface area contributed by atoms with Gasteiger partial charge in [0, 0.05) is 6.07 Å². The fraction of sp³-hybridized carbons (Fsp3) is 0.300. The Bertz CT molecular complexity index is 559. The number of rotatable bonds is 5. The number of carboxylic acids is 1. The third-order valence-electron chi connectivity index (χ3n) is 2.09. The molecule has 18 heavy (non-hydrogen) atoms. The lowest BCUT2D eigenvalue weighted by Crippen LogP contribution is -2.26. The molecule has 1 rings (SSSR count). The fourth-order valence-electron chi connectivity index (χ4n) is 1.18. The molecule has 0 fully saturated rings. The highest BCUT2D eigenvalue weighted by molar-refractivity contribution is 7.92. The minimum Gasteiger partial charge on any atom is -0.481 e. The van der Waals surface area contributed by atoms with Crippen LogP contribution >= 0.6 is 0 Å². The maximum absolute atomic E-state index is 13.2. The summed E-state index contributed by atoms with van der Waals surface area (Å²) in [6.45, 7) is 1.21. The van der Waals surface area contributed by atoms with E-state index in [2.05, 4.69) is 0 Å². The van der Waals surface area contributed by atoms with Gasteiger partial charge in [0.25, 0.3) is 0 Å². The van der Waals surface area contributed by atoms with E-state index in [4.69, 9.17) is 5.11 Å². The van der Waals surface area contributed by atoms with Crippen molar-refractivity contribution in [3.05, 3.63) is 29.8 Å². The van der Waals surface area contributed by atoms with Crippen molar-refractivity contribution in [3.8, 4) is 0 Å². The monoisotopic (exact) mass is 279 g/mol. The van der Waals surface area contributed by atoms with Crippen LogP contribution < -0.4 is 4.72 Å². The first-order chi connectivity index (χ1) is 8.21. The molecule has 0 radical (unpaired) electrons. The predicted octanol–water partition coefficient (Wildman–Crippen LogP) is 1.43. The van der Waals surface area contributed by atoms with E-state index >= 15 is 0 Å². The Morgan fingerprint density at radius 3 is 2.56 bits per heavy atom. The highest BCUT2D eigenvalue weighted by Gasteiger charge is 2.21. The van der Waals surface area contributed by atoms with Gasteiger partial charge in [0.2, 0.25) is 10.0 Å². The molecule has 0 aromatic heterocycles. The van der Waals surface area contributed by atoms with Crippen LogP contribution in [-0.4, -0.2) is 25.2 Å². The van der Waals surface area contributed by atoms with Gasteiger partial charge in [0.1, 0.15) is 11.6 Å². The number of nitrogens with one attached hydrogen (secondary N) is 1. The maximum Gasteiger partial charge on any atom is 0.307 e. The summed E-state index contributed by atoms with van der Waals surface area (Å²) in [5, 5.41) is 8.59. The normalized spacial score (nSPS) is 13.1. The van der Waals surface area contributed by atoms with Crippen molar-refractivity contribution >= 4 is 21.7 Å². The molecule has 0 saturated carbocycles. The summed E-state index contributed by atoms with van der Waals surface area (Å²) in [6.07, 6.45) is 0. The van der Waals surface area contributed by atoms with Gasteiger partial charge in [0.15, 0.2) is 0 Å². The standard InChI is InChI=1S/C10H11F2NO4S/c1-6(10(14)15)5-18(16,17)13-9-3-2-7(11)4-8(9)12/h2-4,6,13H,5H2,1H3,(H,14,15)/t6-/m1/s1. The molecule has 0 aliphatic rings. The number of halogens is 2. The van der Waals surface area contributed by atoms with E-state index in [0.29, 0.717) is 6.07 Å². The summed E-state index contributed by atoms with van der Waals surface area (Å²) in [6, 6.07) is 2.34. The molecule has 0 heterocycles. The quantitative estimate of drug-likeness (QED) is 0.854. The van der Waals surface area contributed by atoms with Crippen LogP contribution in [0.1, 0.15) is 6.92 Å². The van der Waals surface area contributed by atoms with E-state index in [-0.39, 0.29) is 0 Å². The third kappa shape index (κ3) is 3.95. The van der Waals surface area contributed by atoms with Crippen LogP contribution in [0.4, 0.5) is 14.5 Å². The molecule has 0 bridgehead atoms. The van der Waals surface area contributed by atoms with Crippen LogP contribution in [0.3, 0.4) is 0 Å². The van der Waals surface area contributed by atoms with Gasteiger partial charge in [-0.2, -0.15) is 0 Å². The minimum atomic E-state index is -4.01. The lowest BCUT2D eigenvalue weighted by molar-refractivity contribution is -0.140. The van der Waals surface area contributed by atoms with E-state index in [9.17, 15) is 22.0 Å². The molecule has 5 nitrogen and oxygen atoms in total. The molecule has 0 saturated heterocycles. The summed E-state index contributed by atoms with van der Waals surface area (Å²) in [7, 11) is -4.01. The van der Waals surface area contributed by atoms with Gasteiger partial charge in [-0.15, -0.1) is 0 Å². The zero-order chi connectivity index (χ0) is 13.9. The Balaban J connectivity index is 2.86. The van der Waals surface area contributed by atoms with Crippen molar-refractivity contribution in [2.45, 2.75) is 6.92 Å². The number of carboxylic acid groups (broad SMARTS) is 1. The van der Waals surface area contributed by atoms with Gasteiger partial charge in [0.05, 0.1) is 17.4 Å². The summed E-state index contributed by atoms with van der Waals surface area (Å²) in [5.41, 5.74) is -0.422. The third-order valence-corrected chi connectivity index (χ3v) is 3.56. The summed E-state index contributed by atoms with van der Waals surface area (Å²) in [5.74, 6) is -5.01. The molecule has 2 N–H and O–H groups in total. The zero-order valence-electron chi connectivity index (χ0n) is 9.35. The van der Waals surface area contributed by atoms with E-state index in [1.54, 1.807) is 0 Å². The molecule has 1 aromatic carbocycles. The van der Waals surface area contributed by atoms with Crippen LogP contribution in [0, 0.1) is 17.6 Å². The van der Waals surface area contributed by atoms with E-state index in [1.807, 2.05) is 4.72 Å². The van der Waals surface area contributed by atoms with Gasteiger partial charge in [-0.1, -0.05) is 6.92 Å². The summed E-state index contributed by atoms with van der Waals surface area (Å²) < 4.78 is 50.7. The van der Waals surface area contributed by atoms with Crippen molar-refractivity contribution in [1.82, 2.24) is 0 Å². The average Bonchev–Trinajstić information content (AvgIpc) is 2.21. The number of hydrogen-bond acceptors (Lipinski definition) is 3. The van der Waals surface area contributed by atoms with Crippen LogP contribution in [0.15, 0.2) is 18.2 Å². The van der Waals surface area contributed by atoms with Crippen LogP contribution in [0.5, 0.6) is 0 Å². The molecule has 0 amide bonds. The summed E-state index contributed by atoms with van der Waals surface area (Å²) >= 11 is 0. The number of hydrogen-bond donors (Lipinski definition) is 2. The number of sulfonamides is 1. The Hall–Kier alpha value is -1.70. The van der Waals surface area contributed by atoms with Crippen molar-refractivity contribution in [1.29, 1.82) is 0 Å². The van der Waals surface area contributed by atoms with E-state index in [1.165, 1.54) is 6.92 Å². The smallest absolute Gasteiger partial charge is 0.307 e. The van der Waals surface area contributed by atoms with Crippen molar-refractivity contribution in [2.24, 2.45) is 5.92 Å². The van der Waals surface area contributed by atoms with Gasteiger partial charge in [-0.25, -0.2) is 17.2 Å². The second-order valence-electron chi connectivity index (χ2n) is 3.75. The van der Waals surface area contributed by atoms with Crippen LogP contribution in [-0.2, 0) is 14.8 Å². The Morgan fingerprint density at radius 2 is 2.06 bits per heavy atom. The highest BCUT2D eigenvalue weighted by Crippen LogP contribution is 2.17. The lowest BCUT2D eigenvalue weighted by atomic mass is 10.2. The molecule has 8 heteroatoms. The van der Waals surface area contributed by atoms with Gasteiger partial charge < -0.3 is 5.11 Å². The Morgan fingerprint density at radius 1 is 1.44 bits per heavy atom. The molecule has 0 aliphatic carbocycles. The molecule has 0 unspecified atom stereocenters. The molecule has 1 atom stereocenters. The second-order valence-corrected chi connectivity index (χ2v) is 5.51. The van der Waals surface area contributed by atoms with Crippen molar-refractivity contribution < 1.29 is 27.1 Å². The van der Waals surface area contributed by atoms with Crippen molar-refractivity contribution in [3.63, 3.8) is 0 Å². The highest BCUT2D eigenvalue weighted by atomic mass is 32.2. The van der Waals surface area contributed by atoms with Crippen LogP contribution in [0.2, 0.25) is 0 Å². The first-order valence-corrected chi connectivity index (χ1v) is 6.55. The molecule has 0 aliphatic heterocycles. The molecular weight excluding hydrogens is 268 g/mol. The average molecular weight is 279 g/mol. The lowest BCUT2D eigenvalue weighted by Gasteiger charge is -2.10. The number of carbonyl (C=O) groups is 1. The Labute approximate surface area is 102 Å². The largest absolute Gasteiger partial charge is 0.481 e. The fourth-order valence-corrected chi connectivity index (χ4v) is 2.57. The molecule has 0 spiro atoms. The zero-order valence-corrected chi connectivity index (χ0v) is 10.2. The molecular formula is C10H11F2NO4S. The first-order valence-electron chi connectivity index (χ1n) is 4.89.